The summed E-state index contributed by atoms with van der Waals surface area (Å²) in [6, 6.07) is 5.42. The third-order valence-corrected chi connectivity index (χ3v) is 3.16. The normalized spacial score (nSPS) is 19.7. The van der Waals surface area contributed by atoms with Crippen LogP contribution in [0.3, 0.4) is 0 Å². The van der Waals surface area contributed by atoms with Crippen molar-refractivity contribution in [3.05, 3.63) is 23.8 Å². The maximum absolute atomic E-state index is 9.68. The fourth-order valence-electron chi connectivity index (χ4n) is 1.98. The first-order valence-corrected chi connectivity index (χ1v) is 7.58. The van der Waals surface area contributed by atoms with Gasteiger partial charge in [-0.15, -0.1) is 0 Å². The largest absolute Gasteiger partial charge is 0.487 e. The zero-order valence-electron chi connectivity index (χ0n) is 13.0. The Balaban J connectivity index is 2.01. The van der Waals surface area contributed by atoms with E-state index in [9.17, 15) is 5.11 Å². The van der Waals surface area contributed by atoms with Crippen molar-refractivity contribution in [2.75, 3.05) is 52.9 Å². The first-order valence-electron chi connectivity index (χ1n) is 7.58. The Hall–Kier alpha value is -1.34. The lowest BCUT2D eigenvalue weighted by atomic mass is 10.1. The molecule has 1 heterocycles. The Kier molecular flexibility index (Phi) is 7.45. The second-order valence-corrected chi connectivity index (χ2v) is 4.92. The van der Waals surface area contributed by atoms with Crippen molar-refractivity contribution >= 4 is 0 Å². The van der Waals surface area contributed by atoms with E-state index in [0.29, 0.717) is 64.4 Å². The highest BCUT2D eigenvalue weighted by atomic mass is 16.6. The molecule has 0 radical (unpaired) electrons. The molecular weight excluding hydrogens is 288 g/mol. The molecule has 0 bridgehead atoms. The molecule has 0 saturated heterocycles. The number of hydrogen-bond acceptors (Lipinski definition) is 6. The topological polar surface area (TPSA) is 66.4 Å². The third-order valence-electron chi connectivity index (χ3n) is 3.16. The van der Waals surface area contributed by atoms with E-state index < -0.39 is 6.10 Å². The van der Waals surface area contributed by atoms with E-state index in [1.165, 1.54) is 0 Å². The number of hydrogen-bond donors (Lipinski definition) is 1. The molecule has 124 valence electrons. The van der Waals surface area contributed by atoms with Gasteiger partial charge in [-0.2, -0.15) is 0 Å². The monoisotopic (exact) mass is 312 g/mol. The van der Waals surface area contributed by atoms with Crippen LogP contribution in [0.5, 0.6) is 11.5 Å². The number of ether oxygens (including phenoxy) is 5. The lowest BCUT2D eigenvalue weighted by Crippen LogP contribution is -2.13. The van der Waals surface area contributed by atoms with Gasteiger partial charge in [-0.1, -0.05) is 6.07 Å². The molecule has 6 nitrogen and oxygen atoms in total. The van der Waals surface area contributed by atoms with E-state index >= 15 is 0 Å². The van der Waals surface area contributed by atoms with Gasteiger partial charge in [0, 0.05) is 0 Å². The molecule has 0 saturated carbocycles. The van der Waals surface area contributed by atoms with E-state index in [0.717, 1.165) is 5.56 Å². The number of rotatable bonds is 1. The maximum atomic E-state index is 9.68. The van der Waals surface area contributed by atoms with Crippen LogP contribution >= 0.6 is 0 Å². The molecule has 1 aliphatic heterocycles. The second kappa shape index (κ2) is 9.63. The second-order valence-electron chi connectivity index (χ2n) is 4.92. The van der Waals surface area contributed by atoms with Gasteiger partial charge in [0.2, 0.25) is 0 Å². The predicted molar refractivity (Wildman–Crippen MR) is 80.5 cm³/mol. The molecule has 0 amide bonds. The summed E-state index contributed by atoms with van der Waals surface area (Å²) in [6.45, 7) is 5.67. The fraction of sp³-hybridized carbons (Fsp3) is 0.625. The van der Waals surface area contributed by atoms with Gasteiger partial charge in [-0.05, 0) is 24.6 Å². The molecule has 1 aliphatic rings. The smallest absolute Gasteiger partial charge is 0.161 e. The molecule has 0 fully saturated rings. The minimum Gasteiger partial charge on any atom is -0.487 e. The van der Waals surface area contributed by atoms with E-state index in [-0.39, 0.29) is 0 Å². The summed E-state index contributed by atoms with van der Waals surface area (Å²) < 4.78 is 27.6. The van der Waals surface area contributed by atoms with Gasteiger partial charge in [0.15, 0.2) is 11.5 Å². The summed E-state index contributed by atoms with van der Waals surface area (Å²) in [5.74, 6) is 1.24. The van der Waals surface area contributed by atoms with Crippen LogP contribution in [0.4, 0.5) is 0 Å². The van der Waals surface area contributed by atoms with Gasteiger partial charge >= 0.3 is 0 Å². The number of aliphatic hydroxyl groups is 1. The van der Waals surface area contributed by atoms with Crippen molar-refractivity contribution in [3.8, 4) is 11.5 Å². The average Bonchev–Trinajstić information content (AvgIpc) is 2.52. The van der Waals surface area contributed by atoms with E-state index in [1.807, 2.05) is 6.07 Å². The summed E-state index contributed by atoms with van der Waals surface area (Å²) >= 11 is 0. The minimum absolute atomic E-state index is 0.413. The van der Waals surface area contributed by atoms with Crippen molar-refractivity contribution in [1.29, 1.82) is 0 Å². The number of aliphatic hydroxyl groups excluding tert-OH is 1. The van der Waals surface area contributed by atoms with Gasteiger partial charge < -0.3 is 28.8 Å². The van der Waals surface area contributed by atoms with Crippen LogP contribution in [0.2, 0.25) is 0 Å². The highest BCUT2D eigenvalue weighted by molar-refractivity contribution is 5.43. The van der Waals surface area contributed by atoms with E-state index in [4.69, 9.17) is 23.7 Å². The predicted octanol–water partition coefficient (Wildman–Crippen LogP) is 1.56. The van der Waals surface area contributed by atoms with E-state index in [1.54, 1.807) is 19.1 Å². The summed E-state index contributed by atoms with van der Waals surface area (Å²) in [6.07, 6.45) is -0.553. The summed E-state index contributed by atoms with van der Waals surface area (Å²) in [5.41, 5.74) is 0.783. The highest BCUT2D eigenvalue weighted by Gasteiger charge is 2.10. The van der Waals surface area contributed by atoms with Gasteiger partial charge in [-0.25, -0.2) is 0 Å². The Labute approximate surface area is 130 Å². The minimum atomic E-state index is -0.553. The molecule has 0 spiro atoms. The number of fused-ring (bicyclic) bond motifs is 1. The molecule has 1 N–H and O–H groups in total. The zero-order valence-corrected chi connectivity index (χ0v) is 13.0. The third kappa shape index (κ3) is 5.81. The quantitative estimate of drug-likeness (QED) is 0.849. The summed E-state index contributed by atoms with van der Waals surface area (Å²) in [7, 11) is 0. The van der Waals surface area contributed by atoms with Crippen LogP contribution in [0.25, 0.3) is 0 Å². The van der Waals surface area contributed by atoms with E-state index in [2.05, 4.69) is 0 Å². The number of benzene rings is 1. The molecule has 0 unspecified atom stereocenters. The molecule has 6 heteroatoms. The molecule has 2 rings (SSSR count). The average molecular weight is 312 g/mol. The first-order chi connectivity index (χ1) is 10.8. The molecule has 0 aromatic heterocycles. The van der Waals surface area contributed by atoms with Crippen LogP contribution in [-0.4, -0.2) is 58.0 Å². The lowest BCUT2D eigenvalue weighted by molar-refractivity contribution is 0.00708. The zero-order chi connectivity index (χ0) is 15.6. The molecule has 1 aromatic rings. The van der Waals surface area contributed by atoms with Crippen LogP contribution in [0.15, 0.2) is 18.2 Å². The van der Waals surface area contributed by atoms with Crippen LogP contribution in [0.1, 0.15) is 18.6 Å². The Morgan fingerprint density at radius 3 is 1.82 bits per heavy atom. The van der Waals surface area contributed by atoms with Crippen molar-refractivity contribution in [1.82, 2.24) is 0 Å². The summed E-state index contributed by atoms with van der Waals surface area (Å²) in [5, 5.41) is 9.68. The molecule has 22 heavy (non-hydrogen) atoms. The Morgan fingerprint density at radius 2 is 1.27 bits per heavy atom. The van der Waals surface area contributed by atoms with Crippen LogP contribution < -0.4 is 9.47 Å². The maximum Gasteiger partial charge on any atom is 0.161 e. The van der Waals surface area contributed by atoms with Gasteiger partial charge in [0.25, 0.3) is 0 Å². The van der Waals surface area contributed by atoms with Gasteiger partial charge in [0.05, 0.1) is 45.7 Å². The standard InChI is InChI=1S/C16H24O6/c1-13(17)14-2-3-15-16(12-14)22-11-9-20-7-5-18-4-6-19-8-10-21-15/h2-3,12-13,17H,4-11H2,1H3/t13-/m0/s1. The van der Waals surface area contributed by atoms with Crippen molar-refractivity contribution in [2.24, 2.45) is 0 Å². The SMILES string of the molecule is C[C@H](O)c1ccc2c(c1)OCCOCCOCCOCCO2. The van der Waals surface area contributed by atoms with Crippen LogP contribution in [-0.2, 0) is 14.2 Å². The van der Waals surface area contributed by atoms with Crippen molar-refractivity contribution in [3.63, 3.8) is 0 Å². The van der Waals surface area contributed by atoms with Crippen LogP contribution in [0, 0.1) is 0 Å². The molecular formula is C16H24O6. The van der Waals surface area contributed by atoms with Gasteiger partial charge in [-0.3, -0.25) is 0 Å². The highest BCUT2D eigenvalue weighted by Crippen LogP contribution is 2.30. The first kappa shape index (κ1) is 17.0. The van der Waals surface area contributed by atoms with Crippen molar-refractivity contribution in [2.45, 2.75) is 13.0 Å². The van der Waals surface area contributed by atoms with Crippen molar-refractivity contribution < 1.29 is 28.8 Å². The Morgan fingerprint density at radius 1 is 0.773 bits per heavy atom. The lowest BCUT2D eigenvalue weighted by Gasteiger charge is -2.15. The molecule has 0 aliphatic carbocycles. The molecule has 1 aromatic carbocycles. The molecule has 1 atom stereocenters. The van der Waals surface area contributed by atoms with Gasteiger partial charge in [0.1, 0.15) is 13.2 Å². The fourth-order valence-corrected chi connectivity index (χ4v) is 1.98. The summed E-state index contributed by atoms with van der Waals surface area (Å²) in [4.78, 5) is 0. The Bertz CT molecular complexity index is 435.